The number of aromatic carboxylic acids is 1. The summed E-state index contributed by atoms with van der Waals surface area (Å²) in [5.74, 6) is -0.971. The predicted molar refractivity (Wildman–Crippen MR) is 60.9 cm³/mol. The lowest BCUT2D eigenvalue weighted by molar-refractivity contribution is 0.0690. The number of pyridine rings is 1. The maximum absolute atomic E-state index is 10.8. The van der Waals surface area contributed by atoms with Gasteiger partial charge in [0.05, 0.1) is 5.01 Å². The van der Waals surface area contributed by atoms with E-state index in [2.05, 4.69) is 9.97 Å². The van der Waals surface area contributed by atoms with Gasteiger partial charge in [0.1, 0.15) is 0 Å². The van der Waals surface area contributed by atoms with Crippen molar-refractivity contribution in [3.05, 3.63) is 45.7 Å². The number of rotatable bonds is 3. The molecule has 82 valence electrons. The molecular formula is C11H10N2O2S. The molecule has 0 amide bonds. The molecule has 2 aromatic rings. The van der Waals surface area contributed by atoms with Gasteiger partial charge in [0.25, 0.3) is 0 Å². The number of carbonyl (C=O) groups is 1. The van der Waals surface area contributed by atoms with E-state index in [1.807, 2.05) is 18.2 Å². The minimum atomic E-state index is -0.971. The first-order valence-electron chi connectivity index (χ1n) is 4.76. The van der Waals surface area contributed by atoms with Crippen LogP contribution in [0, 0.1) is 6.92 Å². The third-order valence-corrected chi connectivity index (χ3v) is 3.07. The molecule has 2 heterocycles. The largest absolute Gasteiger partial charge is 0.476 e. The molecule has 16 heavy (non-hydrogen) atoms. The smallest absolute Gasteiger partial charge is 0.355 e. The van der Waals surface area contributed by atoms with Gasteiger partial charge in [-0.15, -0.1) is 11.3 Å². The third kappa shape index (κ3) is 2.25. The molecule has 0 saturated heterocycles. The molecule has 0 aliphatic rings. The van der Waals surface area contributed by atoms with Crippen molar-refractivity contribution in [2.45, 2.75) is 13.3 Å². The molecule has 0 fully saturated rings. The van der Waals surface area contributed by atoms with E-state index in [0.29, 0.717) is 6.42 Å². The number of nitrogens with zero attached hydrogens (tertiary/aromatic N) is 2. The van der Waals surface area contributed by atoms with Gasteiger partial charge in [0.15, 0.2) is 5.69 Å². The summed E-state index contributed by atoms with van der Waals surface area (Å²) >= 11 is 1.41. The molecule has 4 nitrogen and oxygen atoms in total. The van der Waals surface area contributed by atoms with Crippen LogP contribution in [0.1, 0.15) is 26.1 Å². The van der Waals surface area contributed by atoms with Gasteiger partial charge in [-0.2, -0.15) is 0 Å². The Morgan fingerprint density at radius 2 is 2.31 bits per heavy atom. The van der Waals surface area contributed by atoms with Gasteiger partial charge in [0.2, 0.25) is 0 Å². The molecule has 0 atom stereocenters. The molecule has 2 aromatic heterocycles. The number of carboxylic acids is 1. The molecule has 2 rings (SSSR count). The van der Waals surface area contributed by atoms with Crippen LogP contribution in [0.5, 0.6) is 0 Å². The topological polar surface area (TPSA) is 63.1 Å². The van der Waals surface area contributed by atoms with E-state index in [1.54, 1.807) is 13.1 Å². The van der Waals surface area contributed by atoms with Crippen LogP contribution < -0.4 is 0 Å². The summed E-state index contributed by atoms with van der Waals surface area (Å²) in [5.41, 5.74) is 1.05. The zero-order valence-corrected chi connectivity index (χ0v) is 9.49. The van der Waals surface area contributed by atoms with E-state index in [1.165, 1.54) is 11.3 Å². The van der Waals surface area contributed by atoms with Gasteiger partial charge in [-0.1, -0.05) is 6.07 Å². The Morgan fingerprint density at radius 3 is 2.88 bits per heavy atom. The van der Waals surface area contributed by atoms with E-state index >= 15 is 0 Å². The Labute approximate surface area is 96.6 Å². The molecule has 0 aliphatic carbocycles. The van der Waals surface area contributed by atoms with Crippen LogP contribution in [0.4, 0.5) is 0 Å². The Morgan fingerprint density at radius 1 is 1.50 bits per heavy atom. The predicted octanol–water partition coefficient (Wildman–Crippen LogP) is 2.14. The highest BCUT2D eigenvalue weighted by molar-refractivity contribution is 7.11. The van der Waals surface area contributed by atoms with Crippen LogP contribution in [0.2, 0.25) is 0 Å². The van der Waals surface area contributed by atoms with E-state index in [-0.39, 0.29) is 5.69 Å². The Balaban J connectivity index is 2.23. The third-order valence-electron chi connectivity index (χ3n) is 2.10. The van der Waals surface area contributed by atoms with Crippen molar-refractivity contribution >= 4 is 17.3 Å². The van der Waals surface area contributed by atoms with Crippen molar-refractivity contribution in [2.24, 2.45) is 0 Å². The molecule has 0 radical (unpaired) electrons. The first kappa shape index (κ1) is 10.8. The number of thiazole rings is 1. The number of hydrogen-bond donors (Lipinski definition) is 1. The number of hydrogen-bond acceptors (Lipinski definition) is 4. The normalized spacial score (nSPS) is 10.3. The first-order chi connectivity index (χ1) is 7.66. The average molecular weight is 234 g/mol. The summed E-state index contributed by atoms with van der Waals surface area (Å²) in [6, 6.07) is 5.65. The second-order valence-corrected chi connectivity index (χ2v) is 4.60. The minimum absolute atomic E-state index is 0.149. The molecule has 0 aromatic carbocycles. The van der Waals surface area contributed by atoms with Gasteiger partial charge in [-0.05, 0) is 19.1 Å². The number of aryl methyl sites for hydroxylation is 1. The molecular weight excluding hydrogens is 224 g/mol. The summed E-state index contributed by atoms with van der Waals surface area (Å²) < 4.78 is 0. The highest BCUT2D eigenvalue weighted by Gasteiger charge is 2.14. The SMILES string of the molecule is Cc1sc(Cc2ccccn2)nc1C(=O)O. The Kier molecular flexibility index (Phi) is 2.96. The summed E-state index contributed by atoms with van der Waals surface area (Å²) in [6.45, 7) is 1.77. The maximum atomic E-state index is 10.8. The molecule has 0 aliphatic heterocycles. The molecule has 0 bridgehead atoms. The fraction of sp³-hybridized carbons (Fsp3) is 0.182. The van der Waals surface area contributed by atoms with Gasteiger partial charge in [0, 0.05) is 23.2 Å². The molecule has 0 unspecified atom stereocenters. The zero-order valence-electron chi connectivity index (χ0n) is 8.67. The highest BCUT2D eigenvalue weighted by Crippen LogP contribution is 2.19. The van der Waals surface area contributed by atoms with Crippen molar-refractivity contribution in [3.8, 4) is 0 Å². The minimum Gasteiger partial charge on any atom is -0.476 e. The lowest BCUT2D eigenvalue weighted by Crippen LogP contribution is -1.99. The number of carboxylic acid groups (broad SMARTS) is 1. The van der Waals surface area contributed by atoms with Crippen molar-refractivity contribution in [1.29, 1.82) is 0 Å². The summed E-state index contributed by atoms with van der Waals surface area (Å²) in [6.07, 6.45) is 2.30. The monoisotopic (exact) mass is 234 g/mol. The van der Waals surface area contributed by atoms with Crippen molar-refractivity contribution in [2.75, 3.05) is 0 Å². The molecule has 0 spiro atoms. The Bertz CT molecular complexity index is 508. The van der Waals surface area contributed by atoms with E-state index < -0.39 is 5.97 Å². The zero-order chi connectivity index (χ0) is 11.5. The molecule has 0 saturated carbocycles. The number of aromatic nitrogens is 2. The van der Waals surface area contributed by atoms with Crippen LogP contribution in [-0.2, 0) is 6.42 Å². The van der Waals surface area contributed by atoms with E-state index in [9.17, 15) is 4.79 Å². The summed E-state index contributed by atoms with van der Waals surface area (Å²) in [4.78, 5) is 19.8. The standard InChI is InChI=1S/C11H10N2O2S/c1-7-10(11(14)15)13-9(16-7)6-8-4-2-3-5-12-8/h2-5H,6H2,1H3,(H,14,15). The van der Waals surface area contributed by atoms with Crippen molar-refractivity contribution in [1.82, 2.24) is 9.97 Å². The van der Waals surface area contributed by atoms with Crippen molar-refractivity contribution in [3.63, 3.8) is 0 Å². The van der Waals surface area contributed by atoms with E-state index in [0.717, 1.165) is 15.6 Å². The van der Waals surface area contributed by atoms with Gasteiger partial charge in [-0.3, -0.25) is 4.98 Å². The quantitative estimate of drug-likeness (QED) is 0.883. The average Bonchev–Trinajstić information content (AvgIpc) is 2.61. The second-order valence-electron chi connectivity index (χ2n) is 3.32. The lowest BCUT2D eigenvalue weighted by Gasteiger charge is -1.94. The van der Waals surface area contributed by atoms with Gasteiger partial charge < -0.3 is 5.11 Å². The summed E-state index contributed by atoms with van der Waals surface area (Å²) in [7, 11) is 0. The van der Waals surface area contributed by atoms with Crippen LogP contribution in [0.15, 0.2) is 24.4 Å². The summed E-state index contributed by atoms with van der Waals surface area (Å²) in [5, 5.41) is 9.66. The van der Waals surface area contributed by atoms with Crippen LogP contribution in [0.25, 0.3) is 0 Å². The second kappa shape index (κ2) is 4.40. The van der Waals surface area contributed by atoms with Crippen LogP contribution in [0.3, 0.4) is 0 Å². The fourth-order valence-electron chi connectivity index (χ4n) is 1.38. The van der Waals surface area contributed by atoms with Gasteiger partial charge >= 0.3 is 5.97 Å². The first-order valence-corrected chi connectivity index (χ1v) is 5.58. The molecule has 5 heteroatoms. The lowest BCUT2D eigenvalue weighted by atomic mass is 10.3. The van der Waals surface area contributed by atoms with E-state index in [4.69, 9.17) is 5.11 Å². The molecule has 1 N–H and O–H groups in total. The van der Waals surface area contributed by atoms with Gasteiger partial charge in [-0.25, -0.2) is 9.78 Å². The fourth-order valence-corrected chi connectivity index (χ4v) is 2.32. The Hall–Kier alpha value is -1.75. The highest BCUT2D eigenvalue weighted by atomic mass is 32.1. The van der Waals surface area contributed by atoms with Crippen molar-refractivity contribution < 1.29 is 9.90 Å². The van der Waals surface area contributed by atoms with Crippen LogP contribution in [-0.4, -0.2) is 21.0 Å². The maximum Gasteiger partial charge on any atom is 0.355 e. The van der Waals surface area contributed by atoms with Crippen LogP contribution >= 0.6 is 11.3 Å².